The van der Waals surface area contributed by atoms with Crippen molar-refractivity contribution in [2.45, 2.75) is 33.4 Å². The minimum Gasteiger partial charge on any atom is -0.462 e. The third-order valence-electron chi connectivity index (χ3n) is 4.31. The molecule has 27 heavy (non-hydrogen) atoms. The molecule has 1 aromatic heterocycles. The van der Waals surface area contributed by atoms with Crippen LogP contribution in [0.3, 0.4) is 0 Å². The fourth-order valence-corrected chi connectivity index (χ4v) is 3.21. The summed E-state index contributed by atoms with van der Waals surface area (Å²) < 4.78 is 7.27. The number of esters is 1. The molecule has 3 rings (SSSR count). The number of ether oxygens (including phenoxy) is 1. The minimum atomic E-state index is -0.444. The Bertz CT molecular complexity index is 1010. The van der Waals surface area contributed by atoms with E-state index in [2.05, 4.69) is 41.1 Å². The molecule has 3 aromatic rings. The molecule has 0 aliphatic heterocycles. The number of hydrogen-bond acceptors (Lipinski definition) is 3. The van der Waals surface area contributed by atoms with Gasteiger partial charge in [-0.1, -0.05) is 24.3 Å². The molecule has 0 saturated carbocycles. The SMILES string of the molecule is CCn1c2ccccc2c2cc(/C=C/C(=O)NCC(=O)OC(C)C)ccc21. The van der Waals surface area contributed by atoms with E-state index < -0.39 is 5.97 Å². The van der Waals surface area contributed by atoms with E-state index in [9.17, 15) is 9.59 Å². The molecule has 1 heterocycles. The molecular formula is C22H24N2O3. The van der Waals surface area contributed by atoms with Gasteiger partial charge in [-0.2, -0.15) is 0 Å². The molecule has 0 unspecified atom stereocenters. The number of hydrogen-bond donors (Lipinski definition) is 1. The van der Waals surface area contributed by atoms with Crippen LogP contribution in [0.5, 0.6) is 0 Å². The molecule has 5 heteroatoms. The first kappa shape index (κ1) is 18.7. The van der Waals surface area contributed by atoms with Gasteiger partial charge >= 0.3 is 5.97 Å². The number of carbonyl (C=O) groups excluding carboxylic acids is 2. The van der Waals surface area contributed by atoms with Crippen LogP contribution in [0.1, 0.15) is 26.3 Å². The van der Waals surface area contributed by atoms with Gasteiger partial charge in [0.1, 0.15) is 6.54 Å². The Morgan fingerprint density at radius 3 is 2.59 bits per heavy atom. The quantitative estimate of drug-likeness (QED) is 0.533. The minimum absolute atomic E-state index is 0.135. The lowest BCUT2D eigenvalue weighted by molar-refractivity contribution is -0.147. The maximum atomic E-state index is 11.9. The van der Waals surface area contributed by atoms with Crippen molar-refractivity contribution in [2.75, 3.05) is 6.54 Å². The molecule has 5 nitrogen and oxygen atoms in total. The lowest BCUT2D eigenvalue weighted by Gasteiger charge is -2.07. The fraction of sp³-hybridized carbons (Fsp3) is 0.273. The molecule has 0 fully saturated rings. The van der Waals surface area contributed by atoms with E-state index in [1.807, 2.05) is 18.2 Å². The Labute approximate surface area is 158 Å². The molecule has 0 radical (unpaired) electrons. The second-order valence-corrected chi connectivity index (χ2v) is 6.63. The summed E-state index contributed by atoms with van der Waals surface area (Å²) in [6, 6.07) is 14.5. The molecular weight excluding hydrogens is 340 g/mol. The molecule has 1 N–H and O–H groups in total. The van der Waals surface area contributed by atoms with Crippen LogP contribution in [0.15, 0.2) is 48.5 Å². The normalized spacial score (nSPS) is 11.6. The van der Waals surface area contributed by atoms with E-state index >= 15 is 0 Å². The Kier molecular flexibility index (Phi) is 5.60. The lowest BCUT2D eigenvalue weighted by atomic mass is 10.1. The van der Waals surface area contributed by atoms with E-state index in [-0.39, 0.29) is 18.6 Å². The number of rotatable bonds is 6. The van der Waals surface area contributed by atoms with Gasteiger partial charge in [-0.25, -0.2) is 0 Å². The number of fused-ring (bicyclic) bond motifs is 3. The number of nitrogens with one attached hydrogen (secondary N) is 1. The largest absolute Gasteiger partial charge is 0.462 e. The highest BCUT2D eigenvalue weighted by atomic mass is 16.5. The first-order valence-electron chi connectivity index (χ1n) is 9.16. The molecule has 1 amide bonds. The van der Waals surface area contributed by atoms with Crippen LogP contribution in [0.4, 0.5) is 0 Å². The maximum Gasteiger partial charge on any atom is 0.325 e. The number of para-hydroxylation sites is 1. The number of nitrogens with zero attached hydrogens (tertiary/aromatic N) is 1. The Morgan fingerprint density at radius 1 is 1.11 bits per heavy atom. The highest BCUT2D eigenvalue weighted by Crippen LogP contribution is 2.29. The second kappa shape index (κ2) is 8.08. The van der Waals surface area contributed by atoms with Gasteiger partial charge in [-0.3, -0.25) is 9.59 Å². The molecule has 0 aliphatic rings. The predicted molar refractivity (Wildman–Crippen MR) is 108 cm³/mol. The van der Waals surface area contributed by atoms with Gasteiger partial charge < -0.3 is 14.6 Å². The van der Waals surface area contributed by atoms with Crippen molar-refractivity contribution in [3.05, 3.63) is 54.1 Å². The van der Waals surface area contributed by atoms with Crippen LogP contribution in [0.25, 0.3) is 27.9 Å². The van der Waals surface area contributed by atoms with Crippen LogP contribution in [-0.4, -0.2) is 29.1 Å². The van der Waals surface area contributed by atoms with Gasteiger partial charge in [0.2, 0.25) is 5.91 Å². The average Bonchev–Trinajstić information content (AvgIpc) is 2.97. The molecule has 2 aromatic carbocycles. The Balaban J connectivity index is 1.77. The number of amides is 1. The first-order chi connectivity index (χ1) is 13.0. The predicted octanol–water partition coefficient (Wildman–Crippen LogP) is 3.90. The van der Waals surface area contributed by atoms with Crippen molar-refractivity contribution in [1.82, 2.24) is 9.88 Å². The van der Waals surface area contributed by atoms with E-state index in [1.165, 1.54) is 22.5 Å². The topological polar surface area (TPSA) is 60.3 Å². The van der Waals surface area contributed by atoms with E-state index in [1.54, 1.807) is 19.9 Å². The Hall–Kier alpha value is -3.08. The van der Waals surface area contributed by atoms with Gasteiger partial charge in [-0.05, 0) is 50.6 Å². The zero-order valence-corrected chi connectivity index (χ0v) is 15.9. The lowest BCUT2D eigenvalue weighted by Crippen LogP contribution is -2.30. The highest BCUT2D eigenvalue weighted by molar-refractivity contribution is 6.08. The summed E-state index contributed by atoms with van der Waals surface area (Å²) in [5, 5.41) is 4.90. The molecule has 0 saturated heterocycles. The van der Waals surface area contributed by atoms with Crippen molar-refractivity contribution in [2.24, 2.45) is 0 Å². The first-order valence-corrected chi connectivity index (χ1v) is 9.16. The maximum absolute atomic E-state index is 11.9. The van der Waals surface area contributed by atoms with Crippen LogP contribution in [-0.2, 0) is 20.9 Å². The number of carbonyl (C=O) groups is 2. The van der Waals surface area contributed by atoms with Crippen molar-refractivity contribution in [3.8, 4) is 0 Å². The summed E-state index contributed by atoms with van der Waals surface area (Å²) in [4.78, 5) is 23.4. The van der Waals surface area contributed by atoms with Crippen LogP contribution in [0, 0.1) is 0 Å². The van der Waals surface area contributed by atoms with Gasteiger partial charge in [0.25, 0.3) is 0 Å². The summed E-state index contributed by atoms with van der Waals surface area (Å²) in [6.45, 7) is 6.43. The third-order valence-corrected chi connectivity index (χ3v) is 4.31. The molecule has 0 bridgehead atoms. The number of benzene rings is 2. The van der Waals surface area contributed by atoms with Crippen molar-refractivity contribution >= 4 is 39.8 Å². The highest BCUT2D eigenvalue weighted by Gasteiger charge is 2.09. The van der Waals surface area contributed by atoms with Gasteiger partial charge in [0, 0.05) is 34.4 Å². The molecule has 140 valence electrons. The van der Waals surface area contributed by atoms with E-state index in [0.29, 0.717) is 0 Å². The van der Waals surface area contributed by atoms with E-state index in [0.717, 1.165) is 17.5 Å². The summed E-state index contributed by atoms with van der Waals surface area (Å²) in [5.41, 5.74) is 3.32. The zero-order chi connectivity index (χ0) is 19.4. The Morgan fingerprint density at radius 2 is 1.85 bits per heavy atom. The van der Waals surface area contributed by atoms with E-state index in [4.69, 9.17) is 4.74 Å². The summed E-state index contributed by atoms with van der Waals surface area (Å²) >= 11 is 0. The van der Waals surface area contributed by atoms with Crippen molar-refractivity contribution in [1.29, 1.82) is 0 Å². The average molecular weight is 364 g/mol. The summed E-state index contributed by atoms with van der Waals surface area (Å²) in [5.74, 6) is -0.771. The summed E-state index contributed by atoms with van der Waals surface area (Å²) in [7, 11) is 0. The van der Waals surface area contributed by atoms with Gasteiger partial charge in [0.05, 0.1) is 6.10 Å². The smallest absolute Gasteiger partial charge is 0.325 e. The van der Waals surface area contributed by atoms with Crippen LogP contribution >= 0.6 is 0 Å². The van der Waals surface area contributed by atoms with Gasteiger partial charge in [-0.15, -0.1) is 0 Å². The molecule has 0 atom stereocenters. The number of aryl methyl sites for hydroxylation is 1. The monoisotopic (exact) mass is 364 g/mol. The molecule has 0 spiro atoms. The third kappa shape index (κ3) is 4.19. The summed E-state index contributed by atoms with van der Waals surface area (Å²) in [6.07, 6.45) is 2.99. The second-order valence-electron chi connectivity index (χ2n) is 6.63. The zero-order valence-electron chi connectivity index (χ0n) is 15.9. The molecule has 0 aliphatic carbocycles. The fourth-order valence-electron chi connectivity index (χ4n) is 3.21. The number of aromatic nitrogens is 1. The van der Waals surface area contributed by atoms with Crippen LogP contribution < -0.4 is 5.32 Å². The standard InChI is InChI=1S/C22H24N2O3/c1-4-24-19-8-6-5-7-17(19)18-13-16(9-11-20(18)24)10-12-21(25)23-14-22(26)27-15(2)3/h5-13,15H,4,14H2,1-3H3,(H,23,25)/b12-10+. The van der Waals surface area contributed by atoms with Crippen molar-refractivity contribution in [3.63, 3.8) is 0 Å². The van der Waals surface area contributed by atoms with Crippen LogP contribution in [0.2, 0.25) is 0 Å². The van der Waals surface area contributed by atoms with Gasteiger partial charge in [0.15, 0.2) is 0 Å². The van der Waals surface area contributed by atoms with Crippen molar-refractivity contribution < 1.29 is 14.3 Å².